The Labute approximate surface area is 64.3 Å². The quantitative estimate of drug-likeness (QED) is 0.616. The molecule has 0 rings (SSSR count). The van der Waals surface area contributed by atoms with Crippen molar-refractivity contribution in [2.24, 2.45) is 0 Å². The zero-order valence-corrected chi connectivity index (χ0v) is 6.18. The Morgan fingerprint density at radius 1 is 0.917 bits per heavy atom. The van der Waals surface area contributed by atoms with Crippen molar-refractivity contribution in [3.8, 4) is 0 Å². The third kappa shape index (κ3) is 1.65. The maximum absolute atomic E-state index is 12.4. The van der Waals surface area contributed by atoms with Crippen molar-refractivity contribution in [3.63, 3.8) is 0 Å². The summed E-state index contributed by atoms with van der Waals surface area (Å²) in [6.45, 7) is -0.204. The number of ether oxygens (including phenoxy) is 1. The molecular weight excluding hydrogens is 190 g/mol. The van der Waals surface area contributed by atoms with Crippen molar-refractivity contribution >= 4 is 0 Å². The highest BCUT2D eigenvalue weighted by Crippen LogP contribution is 2.45. The van der Waals surface area contributed by atoms with Crippen LogP contribution in [0.25, 0.3) is 0 Å². The third-order valence-corrected chi connectivity index (χ3v) is 1.21. The van der Waals surface area contributed by atoms with Gasteiger partial charge < -0.3 is 4.74 Å². The molecular formula is C5H6F6O. The van der Waals surface area contributed by atoms with Gasteiger partial charge in [0.05, 0.1) is 0 Å². The summed E-state index contributed by atoms with van der Waals surface area (Å²) in [4.78, 5) is 0. The van der Waals surface area contributed by atoms with E-state index in [0.717, 1.165) is 0 Å². The lowest BCUT2D eigenvalue weighted by molar-refractivity contribution is -0.388. The van der Waals surface area contributed by atoms with Crippen LogP contribution < -0.4 is 0 Å². The van der Waals surface area contributed by atoms with E-state index in [0.29, 0.717) is 0 Å². The highest BCUT2D eigenvalue weighted by Gasteiger charge is 2.70. The molecule has 1 atom stereocenters. The molecule has 0 amide bonds. The second-order valence-corrected chi connectivity index (χ2v) is 2.19. The fourth-order valence-corrected chi connectivity index (χ4v) is 0.544. The standard InChI is InChI=1S/C5H6F6O/c1-3(6,7)4(8,12-2)5(9,10)11/h1-2H3. The molecule has 0 saturated heterocycles. The van der Waals surface area contributed by atoms with Gasteiger partial charge in [-0.1, -0.05) is 0 Å². The average molecular weight is 196 g/mol. The third-order valence-electron chi connectivity index (χ3n) is 1.21. The van der Waals surface area contributed by atoms with Gasteiger partial charge in [-0.15, -0.1) is 0 Å². The minimum absolute atomic E-state index is 0.204. The Bertz CT molecular complexity index is 142. The summed E-state index contributed by atoms with van der Waals surface area (Å²) in [7, 11) is 0.227. The molecule has 0 fully saturated rings. The Hall–Kier alpha value is -0.460. The average Bonchev–Trinajstić information content (AvgIpc) is 1.81. The normalized spacial score (nSPS) is 19.0. The van der Waals surface area contributed by atoms with E-state index in [9.17, 15) is 26.3 Å². The fourth-order valence-electron chi connectivity index (χ4n) is 0.544. The predicted octanol–water partition coefficient (Wildman–Crippen LogP) is 2.52. The molecule has 0 spiro atoms. The van der Waals surface area contributed by atoms with Crippen molar-refractivity contribution in [3.05, 3.63) is 0 Å². The lowest BCUT2D eigenvalue weighted by Gasteiger charge is -2.30. The molecule has 12 heavy (non-hydrogen) atoms. The minimum Gasteiger partial charge on any atom is -0.338 e. The van der Waals surface area contributed by atoms with Gasteiger partial charge >= 0.3 is 18.0 Å². The maximum Gasteiger partial charge on any atom is 0.454 e. The SMILES string of the molecule is COC(F)(C(C)(F)F)C(F)(F)F. The van der Waals surface area contributed by atoms with E-state index in [1.54, 1.807) is 0 Å². The Morgan fingerprint density at radius 2 is 1.25 bits per heavy atom. The zero-order valence-electron chi connectivity index (χ0n) is 6.18. The Balaban J connectivity index is 4.95. The van der Waals surface area contributed by atoms with Crippen LogP contribution in [0, 0.1) is 0 Å². The summed E-state index contributed by atoms with van der Waals surface area (Å²) in [5.41, 5.74) is 0. The molecule has 0 aromatic carbocycles. The summed E-state index contributed by atoms with van der Waals surface area (Å²) in [6.07, 6.45) is -5.75. The molecule has 0 aliphatic heterocycles. The minimum atomic E-state index is -5.75. The Morgan fingerprint density at radius 3 is 1.25 bits per heavy atom. The number of alkyl halides is 6. The molecule has 0 heterocycles. The van der Waals surface area contributed by atoms with Gasteiger partial charge in [-0.25, -0.2) is 8.78 Å². The molecule has 1 unspecified atom stereocenters. The number of rotatable bonds is 2. The van der Waals surface area contributed by atoms with Gasteiger partial charge in [0.2, 0.25) is 0 Å². The molecule has 0 aromatic rings. The van der Waals surface area contributed by atoms with Crippen molar-refractivity contribution < 1.29 is 31.1 Å². The lowest BCUT2D eigenvalue weighted by atomic mass is 10.1. The molecule has 0 saturated carbocycles. The monoisotopic (exact) mass is 196 g/mol. The van der Waals surface area contributed by atoms with E-state index in [-0.39, 0.29) is 14.0 Å². The molecule has 7 heteroatoms. The van der Waals surface area contributed by atoms with Crippen LogP contribution >= 0.6 is 0 Å². The van der Waals surface area contributed by atoms with Gasteiger partial charge in [0.25, 0.3) is 0 Å². The van der Waals surface area contributed by atoms with E-state index in [2.05, 4.69) is 4.74 Å². The van der Waals surface area contributed by atoms with Crippen LogP contribution in [0.1, 0.15) is 6.92 Å². The summed E-state index contributed by atoms with van der Waals surface area (Å²) in [6, 6.07) is 0. The zero-order chi connectivity index (χ0) is 10.2. The molecule has 0 N–H and O–H groups in total. The van der Waals surface area contributed by atoms with Crippen LogP contribution in [-0.2, 0) is 4.74 Å². The van der Waals surface area contributed by atoms with Gasteiger partial charge in [-0.3, -0.25) is 0 Å². The molecule has 74 valence electrons. The molecule has 1 nitrogen and oxygen atoms in total. The number of hydrogen-bond acceptors (Lipinski definition) is 1. The van der Waals surface area contributed by atoms with Crippen LogP contribution in [0.2, 0.25) is 0 Å². The molecule has 0 bridgehead atoms. The van der Waals surface area contributed by atoms with E-state index < -0.39 is 18.0 Å². The molecule has 0 aliphatic rings. The van der Waals surface area contributed by atoms with Crippen molar-refractivity contribution in [1.82, 2.24) is 0 Å². The van der Waals surface area contributed by atoms with Crippen LogP contribution in [0.15, 0.2) is 0 Å². The van der Waals surface area contributed by atoms with E-state index in [1.165, 1.54) is 0 Å². The first kappa shape index (κ1) is 11.5. The molecule has 0 radical (unpaired) electrons. The largest absolute Gasteiger partial charge is 0.454 e. The van der Waals surface area contributed by atoms with Gasteiger partial charge in [0.15, 0.2) is 0 Å². The maximum atomic E-state index is 12.4. The fraction of sp³-hybridized carbons (Fsp3) is 1.00. The van der Waals surface area contributed by atoms with Crippen molar-refractivity contribution in [2.75, 3.05) is 7.11 Å². The smallest absolute Gasteiger partial charge is 0.338 e. The van der Waals surface area contributed by atoms with Crippen LogP contribution in [-0.4, -0.2) is 25.1 Å². The summed E-state index contributed by atoms with van der Waals surface area (Å²) >= 11 is 0. The van der Waals surface area contributed by atoms with Crippen LogP contribution in [0.4, 0.5) is 26.3 Å². The Kier molecular flexibility index (Phi) is 2.68. The topological polar surface area (TPSA) is 9.23 Å². The highest BCUT2D eigenvalue weighted by molar-refractivity contribution is 4.88. The molecule has 0 aliphatic carbocycles. The predicted molar refractivity (Wildman–Crippen MR) is 27.5 cm³/mol. The van der Waals surface area contributed by atoms with Crippen LogP contribution in [0.3, 0.4) is 0 Å². The van der Waals surface area contributed by atoms with E-state index >= 15 is 0 Å². The number of hydrogen-bond donors (Lipinski definition) is 0. The summed E-state index contributed by atoms with van der Waals surface area (Å²) in [5.74, 6) is -9.54. The molecule has 0 aromatic heterocycles. The first-order valence-corrected chi connectivity index (χ1v) is 2.75. The first-order valence-electron chi connectivity index (χ1n) is 2.75. The van der Waals surface area contributed by atoms with E-state index in [1.807, 2.05) is 0 Å². The van der Waals surface area contributed by atoms with E-state index in [4.69, 9.17) is 0 Å². The van der Waals surface area contributed by atoms with Gasteiger partial charge in [-0.2, -0.15) is 17.6 Å². The summed E-state index contributed by atoms with van der Waals surface area (Å²) in [5, 5.41) is 0. The van der Waals surface area contributed by atoms with Crippen LogP contribution in [0.5, 0.6) is 0 Å². The van der Waals surface area contributed by atoms with Gasteiger partial charge in [-0.05, 0) is 0 Å². The highest BCUT2D eigenvalue weighted by atomic mass is 19.4. The second kappa shape index (κ2) is 2.79. The number of methoxy groups -OCH3 is 1. The van der Waals surface area contributed by atoms with Gasteiger partial charge in [0, 0.05) is 14.0 Å². The second-order valence-electron chi connectivity index (χ2n) is 2.19. The first-order chi connectivity index (χ1) is 5.06. The van der Waals surface area contributed by atoms with Crippen molar-refractivity contribution in [2.45, 2.75) is 24.9 Å². The van der Waals surface area contributed by atoms with Gasteiger partial charge in [0.1, 0.15) is 0 Å². The lowest BCUT2D eigenvalue weighted by Crippen LogP contribution is -2.55. The van der Waals surface area contributed by atoms with Crippen molar-refractivity contribution in [1.29, 1.82) is 0 Å². The number of halogens is 6. The summed E-state index contributed by atoms with van der Waals surface area (Å²) < 4.78 is 74.5.